The first-order chi connectivity index (χ1) is 17.2. The van der Waals surface area contributed by atoms with Crippen LogP contribution in [0.5, 0.6) is 0 Å². The maximum absolute atomic E-state index is 12.7. The van der Waals surface area contributed by atoms with Crippen molar-refractivity contribution in [2.75, 3.05) is 58.3 Å². The topological polar surface area (TPSA) is 98.7 Å². The molecule has 0 saturated carbocycles. The number of amides is 2. The van der Waals surface area contributed by atoms with Crippen molar-refractivity contribution in [1.29, 1.82) is 0 Å². The lowest BCUT2D eigenvalue weighted by atomic mass is 9.94. The third-order valence-electron chi connectivity index (χ3n) is 7.45. The number of morpholine rings is 1. The summed E-state index contributed by atoms with van der Waals surface area (Å²) in [6, 6.07) is 8.41. The molecular formula is C26H36N6O3. The number of hydrogen-bond acceptors (Lipinski definition) is 6. The largest absolute Gasteiger partial charge is 0.382 e. The predicted molar refractivity (Wildman–Crippen MR) is 136 cm³/mol. The molecule has 2 fully saturated rings. The molecule has 2 aromatic heterocycles. The number of piperidine rings is 1. The van der Waals surface area contributed by atoms with Crippen molar-refractivity contribution in [3.8, 4) is 0 Å². The first-order valence-corrected chi connectivity index (χ1v) is 12.9. The number of imidazole rings is 1. The van der Waals surface area contributed by atoms with Crippen molar-refractivity contribution in [3.05, 3.63) is 30.6 Å². The summed E-state index contributed by atoms with van der Waals surface area (Å²) >= 11 is 0. The number of urea groups is 1. The smallest absolute Gasteiger partial charge is 0.320 e. The number of para-hydroxylation sites is 1. The zero-order chi connectivity index (χ0) is 24.2. The molecule has 3 aromatic rings. The lowest BCUT2D eigenvalue weighted by Gasteiger charge is -2.37. The first kappa shape index (κ1) is 23.8. The van der Waals surface area contributed by atoms with Gasteiger partial charge in [-0.25, -0.2) is 14.8 Å². The van der Waals surface area contributed by atoms with Crippen LogP contribution in [0.15, 0.2) is 30.6 Å². The van der Waals surface area contributed by atoms with Crippen molar-refractivity contribution >= 4 is 33.8 Å². The molecule has 9 heteroatoms. The van der Waals surface area contributed by atoms with Crippen LogP contribution in [0.3, 0.4) is 0 Å². The van der Waals surface area contributed by atoms with Crippen molar-refractivity contribution in [2.45, 2.75) is 38.6 Å². The fourth-order valence-corrected chi connectivity index (χ4v) is 5.28. The number of fused-ring (bicyclic) bond motifs is 3. The molecule has 0 radical (unpaired) electrons. The van der Waals surface area contributed by atoms with E-state index in [9.17, 15) is 4.79 Å². The van der Waals surface area contributed by atoms with E-state index in [1.165, 1.54) is 0 Å². The molecule has 188 valence electrons. The number of hydrogen-bond donors (Lipinski definition) is 1. The monoisotopic (exact) mass is 480 g/mol. The summed E-state index contributed by atoms with van der Waals surface area (Å²) in [5.41, 5.74) is 8.86. The molecular weight excluding hydrogens is 444 g/mol. The van der Waals surface area contributed by atoms with Gasteiger partial charge in [0.25, 0.3) is 0 Å². The normalized spacial score (nSPS) is 18.4. The van der Waals surface area contributed by atoms with Crippen LogP contribution in [-0.2, 0) is 9.47 Å². The van der Waals surface area contributed by atoms with Gasteiger partial charge in [-0.15, -0.1) is 0 Å². The number of ether oxygens (including phenoxy) is 2. The lowest BCUT2D eigenvalue weighted by Crippen LogP contribution is -2.50. The van der Waals surface area contributed by atoms with E-state index in [4.69, 9.17) is 15.2 Å². The number of likely N-dealkylation sites (tertiary alicyclic amines) is 1. The van der Waals surface area contributed by atoms with E-state index in [0.29, 0.717) is 44.6 Å². The van der Waals surface area contributed by atoms with Crippen LogP contribution in [0.1, 0.15) is 38.6 Å². The molecule has 0 spiro atoms. The molecule has 4 heterocycles. The Kier molecular flexibility index (Phi) is 7.34. The number of nitrogens with zero attached hydrogens (tertiary/aromatic N) is 5. The minimum absolute atomic E-state index is 0.171. The van der Waals surface area contributed by atoms with Gasteiger partial charge in [0, 0.05) is 38.2 Å². The van der Waals surface area contributed by atoms with Gasteiger partial charge in [0.05, 0.1) is 43.2 Å². The van der Waals surface area contributed by atoms with Gasteiger partial charge in [0.2, 0.25) is 0 Å². The van der Waals surface area contributed by atoms with Crippen molar-refractivity contribution in [1.82, 2.24) is 24.3 Å². The van der Waals surface area contributed by atoms with Gasteiger partial charge in [-0.1, -0.05) is 25.1 Å². The molecule has 0 bridgehead atoms. The molecule has 2 N–H and O–H groups in total. The van der Waals surface area contributed by atoms with Crippen LogP contribution >= 0.6 is 0 Å². The number of nitrogen functional groups attached to an aromatic ring is 1. The van der Waals surface area contributed by atoms with Gasteiger partial charge >= 0.3 is 6.03 Å². The SMILES string of the molecule is CCC(COCCC1CCN(C(=O)N2CCOCC2)CC1)n1cnc2c(N)nc3ccccc3c21. The van der Waals surface area contributed by atoms with Gasteiger partial charge in [-0.05, 0) is 37.7 Å². The van der Waals surface area contributed by atoms with Crippen LogP contribution in [0.25, 0.3) is 21.9 Å². The molecule has 5 rings (SSSR count). The quantitative estimate of drug-likeness (QED) is 0.518. The van der Waals surface area contributed by atoms with E-state index in [1.807, 2.05) is 34.3 Å². The first-order valence-electron chi connectivity index (χ1n) is 12.9. The van der Waals surface area contributed by atoms with Gasteiger partial charge < -0.3 is 29.6 Å². The standard InChI is InChI=1S/C26H36N6O3/c1-2-20(32-18-28-23-24(32)21-5-3-4-6-22(21)29-25(23)27)17-35-14-9-19-7-10-30(11-8-19)26(33)31-12-15-34-16-13-31/h3-6,18-20H,2,7-17H2,1H3,(H2,27,29). The summed E-state index contributed by atoms with van der Waals surface area (Å²) in [7, 11) is 0. The second kappa shape index (κ2) is 10.8. The Balaban J connectivity index is 1.13. The van der Waals surface area contributed by atoms with E-state index >= 15 is 0 Å². The number of benzene rings is 1. The Bertz CT molecular complexity index is 1150. The van der Waals surface area contributed by atoms with E-state index in [0.717, 1.165) is 67.3 Å². The highest BCUT2D eigenvalue weighted by Crippen LogP contribution is 2.30. The molecule has 2 aliphatic rings. The van der Waals surface area contributed by atoms with E-state index < -0.39 is 0 Å². The molecule has 1 aromatic carbocycles. The van der Waals surface area contributed by atoms with Crippen molar-refractivity contribution in [3.63, 3.8) is 0 Å². The zero-order valence-corrected chi connectivity index (χ0v) is 20.6. The maximum atomic E-state index is 12.7. The van der Waals surface area contributed by atoms with E-state index in [1.54, 1.807) is 0 Å². The molecule has 0 aliphatic carbocycles. The minimum Gasteiger partial charge on any atom is -0.382 e. The van der Waals surface area contributed by atoms with Crippen molar-refractivity contribution < 1.29 is 14.3 Å². The second-order valence-corrected chi connectivity index (χ2v) is 9.60. The summed E-state index contributed by atoms with van der Waals surface area (Å²) in [4.78, 5) is 25.7. The average molecular weight is 481 g/mol. The average Bonchev–Trinajstić information content (AvgIpc) is 3.35. The number of carbonyl (C=O) groups excluding carboxylic acids is 1. The highest BCUT2D eigenvalue weighted by molar-refractivity contribution is 6.06. The Morgan fingerprint density at radius 3 is 2.69 bits per heavy atom. The fraction of sp³-hybridized carbons (Fsp3) is 0.577. The minimum atomic E-state index is 0.171. The molecule has 35 heavy (non-hydrogen) atoms. The van der Waals surface area contributed by atoms with E-state index in [2.05, 4.69) is 27.5 Å². The maximum Gasteiger partial charge on any atom is 0.320 e. The van der Waals surface area contributed by atoms with E-state index in [-0.39, 0.29) is 12.1 Å². The Hall–Kier alpha value is -2.91. The van der Waals surface area contributed by atoms with Gasteiger partial charge in [-0.3, -0.25) is 0 Å². The lowest BCUT2D eigenvalue weighted by molar-refractivity contribution is 0.0382. The molecule has 1 unspecified atom stereocenters. The van der Waals surface area contributed by atoms with Crippen LogP contribution in [0.2, 0.25) is 0 Å². The third kappa shape index (κ3) is 5.06. The summed E-state index contributed by atoms with van der Waals surface area (Å²) in [5, 5.41) is 1.06. The summed E-state index contributed by atoms with van der Waals surface area (Å²) in [5.74, 6) is 1.07. The summed E-state index contributed by atoms with van der Waals surface area (Å²) in [6.07, 6.45) is 5.92. The number of pyridine rings is 1. The Morgan fingerprint density at radius 1 is 1.17 bits per heavy atom. The summed E-state index contributed by atoms with van der Waals surface area (Å²) < 4.78 is 13.7. The molecule has 2 saturated heterocycles. The second-order valence-electron chi connectivity index (χ2n) is 9.60. The molecule has 2 amide bonds. The van der Waals surface area contributed by atoms with Crippen LogP contribution in [0, 0.1) is 5.92 Å². The van der Waals surface area contributed by atoms with Gasteiger partial charge in [-0.2, -0.15) is 0 Å². The fourth-order valence-electron chi connectivity index (χ4n) is 5.28. The van der Waals surface area contributed by atoms with Crippen LogP contribution in [0.4, 0.5) is 10.6 Å². The highest BCUT2D eigenvalue weighted by atomic mass is 16.5. The number of aromatic nitrogens is 3. The predicted octanol–water partition coefficient (Wildman–Crippen LogP) is 3.69. The zero-order valence-electron chi connectivity index (χ0n) is 20.6. The summed E-state index contributed by atoms with van der Waals surface area (Å²) in [6.45, 7) is 7.91. The molecule has 1 atom stereocenters. The highest BCUT2D eigenvalue weighted by Gasteiger charge is 2.27. The third-order valence-corrected chi connectivity index (χ3v) is 7.45. The molecule has 9 nitrogen and oxygen atoms in total. The Labute approximate surface area is 206 Å². The number of rotatable bonds is 7. The van der Waals surface area contributed by atoms with Gasteiger partial charge in [0.15, 0.2) is 5.82 Å². The number of nitrogens with two attached hydrogens (primary N) is 1. The number of anilines is 1. The molecule has 2 aliphatic heterocycles. The van der Waals surface area contributed by atoms with Crippen LogP contribution < -0.4 is 5.73 Å². The van der Waals surface area contributed by atoms with Crippen LogP contribution in [-0.4, -0.2) is 83.0 Å². The Morgan fingerprint density at radius 2 is 1.91 bits per heavy atom. The van der Waals surface area contributed by atoms with Gasteiger partial charge in [0.1, 0.15) is 5.52 Å². The number of carbonyl (C=O) groups is 1. The van der Waals surface area contributed by atoms with Crippen molar-refractivity contribution in [2.24, 2.45) is 5.92 Å².